The van der Waals surface area contributed by atoms with Crippen LogP contribution in [0.3, 0.4) is 0 Å². The van der Waals surface area contributed by atoms with Crippen LogP contribution < -0.4 is 5.32 Å². The molecule has 2 nitrogen and oxygen atoms in total. The Morgan fingerprint density at radius 3 is 2.75 bits per heavy atom. The summed E-state index contributed by atoms with van der Waals surface area (Å²) in [4.78, 5) is 10.4. The molecule has 0 N–H and O–H groups in total. The number of carbonyl (C=O) groups excluding carboxylic acids is 1. The molecule has 0 fully saturated rings. The number of allylic oxidation sites excluding steroid dienone is 3. The van der Waals surface area contributed by atoms with Crippen molar-refractivity contribution in [3.05, 3.63) is 24.0 Å². The van der Waals surface area contributed by atoms with Crippen LogP contribution in [0.2, 0.25) is 0 Å². The Labute approximate surface area is 47.9 Å². The minimum absolute atomic E-state index is 0.0231. The molecule has 0 aliphatic carbocycles. The lowest BCUT2D eigenvalue weighted by Gasteiger charge is -1.89. The van der Waals surface area contributed by atoms with Crippen LogP contribution in [-0.4, -0.2) is 5.78 Å². The molecule has 8 heavy (non-hydrogen) atoms. The van der Waals surface area contributed by atoms with Gasteiger partial charge in [-0.3, -0.25) is 10.1 Å². The molecule has 1 rings (SSSR count). The topological polar surface area (TPSA) is 31.2 Å². The van der Waals surface area contributed by atoms with Gasteiger partial charge >= 0.3 is 0 Å². The first-order valence-corrected chi connectivity index (χ1v) is 2.39. The van der Waals surface area contributed by atoms with Gasteiger partial charge in [-0.05, 0) is 12.2 Å². The van der Waals surface area contributed by atoms with Crippen molar-refractivity contribution in [2.24, 2.45) is 0 Å². The molecule has 41 valence electrons. The number of carbonyl (C=O) groups is 1. The smallest absolute Gasteiger partial charge is 0.178 e. The molecule has 0 amide bonds. The molecule has 0 aromatic heterocycles. The van der Waals surface area contributed by atoms with Gasteiger partial charge in [-0.1, -0.05) is 0 Å². The van der Waals surface area contributed by atoms with Crippen LogP contribution in [0.4, 0.5) is 0 Å². The highest BCUT2D eigenvalue weighted by molar-refractivity contribution is 5.93. The van der Waals surface area contributed by atoms with Gasteiger partial charge in [-0.2, -0.15) is 0 Å². The van der Waals surface area contributed by atoms with E-state index in [1.165, 1.54) is 6.92 Å². The number of nitrogens with zero attached hydrogens (tertiary/aromatic N) is 1. The fourth-order valence-corrected chi connectivity index (χ4v) is 0.509. The van der Waals surface area contributed by atoms with E-state index in [9.17, 15) is 4.79 Å². The van der Waals surface area contributed by atoms with Gasteiger partial charge in [0.1, 0.15) is 5.70 Å². The zero-order chi connectivity index (χ0) is 5.98. The van der Waals surface area contributed by atoms with Crippen LogP contribution in [0, 0.1) is 0 Å². The quantitative estimate of drug-likeness (QED) is 0.483. The normalized spacial score (nSPS) is 15.4. The van der Waals surface area contributed by atoms with E-state index in [1.807, 2.05) is 0 Å². The maximum atomic E-state index is 10.4. The Hall–Kier alpha value is -1.05. The maximum absolute atomic E-state index is 10.4. The fraction of sp³-hybridized carbons (Fsp3) is 0.167. The Morgan fingerprint density at radius 2 is 2.50 bits per heavy atom. The minimum Gasteiger partial charge on any atom is -0.293 e. The van der Waals surface area contributed by atoms with Crippen LogP contribution in [0.1, 0.15) is 6.92 Å². The zero-order valence-electron chi connectivity index (χ0n) is 4.59. The second kappa shape index (κ2) is 1.82. The largest absolute Gasteiger partial charge is 0.293 e. The molecule has 0 saturated carbocycles. The third kappa shape index (κ3) is 0.780. The number of Topliss-reactive ketones (excluding diaryl/α,β-unsaturated/α-hetero) is 1. The van der Waals surface area contributed by atoms with Crippen LogP contribution in [0.15, 0.2) is 24.0 Å². The predicted octanol–water partition coefficient (Wildman–Crippen LogP) is 0.591. The predicted molar refractivity (Wildman–Crippen MR) is 30.0 cm³/mol. The van der Waals surface area contributed by atoms with Crippen LogP contribution >= 0.6 is 0 Å². The second-order valence-electron chi connectivity index (χ2n) is 1.58. The molecule has 0 aromatic carbocycles. The molecule has 0 aromatic rings. The SMILES string of the molecule is CC(=O)C1=CC=C[N]1. The summed E-state index contributed by atoms with van der Waals surface area (Å²) in [7, 11) is 0. The molecule has 2 heteroatoms. The van der Waals surface area contributed by atoms with Gasteiger partial charge in [-0.25, -0.2) is 0 Å². The summed E-state index contributed by atoms with van der Waals surface area (Å²) >= 11 is 0. The van der Waals surface area contributed by atoms with E-state index < -0.39 is 0 Å². The lowest BCUT2D eigenvalue weighted by atomic mass is 10.3. The van der Waals surface area contributed by atoms with Crippen LogP contribution in [0.25, 0.3) is 0 Å². The van der Waals surface area contributed by atoms with E-state index in [0.29, 0.717) is 5.70 Å². The Bertz CT molecular complexity index is 167. The lowest BCUT2D eigenvalue weighted by molar-refractivity contribution is -0.113. The molecule has 1 heterocycles. The van der Waals surface area contributed by atoms with Crippen molar-refractivity contribution in [2.45, 2.75) is 6.92 Å². The molecule has 1 radical (unpaired) electrons. The summed E-state index contributed by atoms with van der Waals surface area (Å²) in [6.45, 7) is 1.50. The summed E-state index contributed by atoms with van der Waals surface area (Å²) in [5, 5.41) is 3.77. The lowest BCUT2D eigenvalue weighted by Crippen LogP contribution is -2.01. The second-order valence-corrected chi connectivity index (χ2v) is 1.58. The summed E-state index contributed by atoms with van der Waals surface area (Å²) in [6.07, 6.45) is 5.05. The Morgan fingerprint density at radius 1 is 1.75 bits per heavy atom. The van der Waals surface area contributed by atoms with Gasteiger partial charge < -0.3 is 0 Å². The number of ketones is 1. The van der Waals surface area contributed by atoms with Gasteiger partial charge in [-0.15, -0.1) is 0 Å². The van der Waals surface area contributed by atoms with E-state index in [2.05, 4.69) is 5.32 Å². The van der Waals surface area contributed by atoms with Crippen molar-refractivity contribution < 1.29 is 4.79 Å². The third-order valence-corrected chi connectivity index (χ3v) is 0.914. The first-order chi connectivity index (χ1) is 3.80. The Kier molecular flexibility index (Phi) is 1.16. The van der Waals surface area contributed by atoms with E-state index in [1.54, 1.807) is 18.4 Å². The van der Waals surface area contributed by atoms with E-state index >= 15 is 0 Å². The monoisotopic (exact) mass is 108 g/mol. The molecular formula is C6H6NO. The average Bonchev–Trinajstić information content (AvgIpc) is 2.12. The average molecular weight is 108 g/mol. The van der Waals surface area contributed by atoms with E-state index in [0.717, 1.165) is 0 Å². The summed E-state index contributed by atoms with van der Waals surface area (Å²) in [6, 6.07) is 0. The molecule has 0 unspecified atom stereocenters. The molecule has 0 atom stereocenters. The molecule has 0 spiro atoms. The highest BCUT2D eigenvalue weighted by Crippen LogP contribution is 1.99. The van der Waals surface area contributed by atoms with Crippen molar-refractivity contribution >= 4 is 5.78 Å². The van der Waals surface area contributed by atoms with E-state index in [4.69, 9.17) is 0 Å². The van der Waals surface area contributed by atoms with E-state index in [-0.39, 0.29) is 5.78 Å². The van der Waals surface area contributed by atoms with Gasteiger partial charge in [0.05, 0.1) is 0 Å². The van der Waals surface area contributed by atoms with Gasteiger partial charge in [0.15, 0.2) is 5.78 Å². The van der Waals surface area contributed by atoms with Crippen molar-refractivity contribution in [3.63, 3.8) is 0 Å². The van der Waals surface area contributed by atoms with Gasteiger partial charge in [0.2, 0.25) is 0 Å². The first-order valence-electron chi connectivity index (χ1n) is 2.39. The van der Waals surface area contributed by atoms with Crippen molar-refractivity contribution in [2.75, 3.05) is 0 Å². The highest BCUT2D eigenvalue weighted by Gasteiger charge is 2.03. The zero-order valence-corrected chi connectivity index (χ0v) is 4.59. The first kappa shape index (κ1) is 5.09. The molecular weight excluding hydrogens is 102 g/mol. The van der Waals surface area contributed by atoms with Gasteiger partial charge in [0, 0.05) is 13.1 Å². The van der Waals surface area contributed by atoms with Crippen LogP contribution in [-0.2, 0) is 4.79 Å². The molecule has 1 aliphatic heterocycles. The molecule has 0 bridgehead atoms. The summed E-state index contributed by atoms with van der Waals surface area (Å²) < 4.78 is 0. The van der Waals surface area contributed by atoms with Crippen molar-refractivity contribution in [1.29, 1.82) is 0 Å². The fourth-order valence-electron chi connectivity index (χ4n) is 0.509. The van der Waals surface area contributed by atoms with Crippen molar-refractivity contribution in [1.82, 2.24) is 5.32 Å². The van der Waals surface area contributed by atoms with Gasteiger partial charge in [0.25, 0.3) is 0 Å². The maximum Gasteiger partial charge on any atom is 0.178 e. The van der Waals surface area contributed by atoms with Crippen molar-refractivity contribution in [3.8, 4) is 0 Å². The number of hydrogen-bond donors (Lipinski definition) is 0. The summed E-state index contributed by atoms with van der Waals surface area (Å²) in [5.74, 6) is 0.0231. The number of hydrogen-bond acceptors (Lipinski definition) is 1. The highest BCUT2D eigenvalue weighted by atomic mass is 16.1. The Balaban J connectivity index is 2.64. The van der Waals surface area contributed by atoms with Crippen LogP contribution in [0.5, 0.6) is 0 Å². The minimum atomic E-state index is 0.0231. The molecule has 0 saturated heterocycles. The standard InChI is InChI=1S/C6H6NO/c1-5(8)6-3-2-4-7-6/h2-4H,1H3. The summed E-state index contributed by atoms with van der Waals surface area (Å²) in [5.41, 5.74) is 0.546. The number of rotatable bonds is 1. The molecule has 1 aliphatic rings. The third-order valence-electron chi connectivity index (χ3n) is 0.914.